The van der Waals surface area contributed by atoms with Gasteiger partial charge in [0, 0.05) is 25.1 Å². The van der Waals surface area contributed by atoms with Gasteiger partial charge in [-0.1, -0.05) is 0 Å². The van der Waals surface area contributed by atoms with E-state index in [1.165, 1.54) is 6.07 Å². The SMILES string of the molecule is C#CCCCCNC(=O)c1cc(O)[nH]c(=O)c1. The molecule has 0 aromatic carbocycles. The molecule has 0 unspecified atom stereocenters. The zero-order chi connectivity index (χ0) is 12.7. The maximum Gasteiger partial charge on any atom is 0.251 e. The highest BCUT2D eigenvalue weighted by Gasteiger charge is 2.06. The lowest BCUT2D eigenvalue weighted by molar-refractivity contribution is 0.0952. The van der Waals surface area contributed by atoms with E-state index < -0.39 is 5.56 Å². The summed E-state index contributed by atoms with van der Waals surface area (Å²) in [6, 6.07) is 2.34. The first-order chi connectivity index (χ1) is 8.13. The summed E-state index contributed by atoms with van der Waals surface area (Å²) in [4.78, 5) is 24.7. The van der Waals surface area contributed by atoms with Crippen LogP contribution in [0.3, 0.4) is 0 Å². The molecule has 0 aliphatic carbocycles. The minimum Gasteiger partial charge on any atom is -0.494 e. The normalized spacial score (nSPS) is 9.59. The second-order valence-corrected chi connectivity index (χ2v) is 3.54. The van der Waals surface area contributed by atoms with Gasteiger partial charge in [0.1, 0.15) is 0 Å². The van der Waals surface area contributed by atoms with Crippen LogP contribution in [0.15, 0.2) is 16.9 Å². The summed E-state index contributed by atoms with van der Waals surface area (Å²) in [5.74, 6) is 1.80. The molecule has 0 atom stereocenters. The van der Waals surface area contributed by atoms with Crippen molar-refractivity contribution in [2.75, 3.05) is 6.54 Å². The number of carbonyl (C=O) groups is 1. The maximum absolute atomic E-state index is 11.6. The van der Waals surface area contributed by atoms with Gasteiger partial charge >= 0.3 is 0 Å². The van der Waals surface area contributed by atoms with Gasteiger partial charge in [-0.25, -0.2) is 0 Å². The molecule has 1 aromatic heterocycles. The highest BCUT2D eigenvalue weighted by molar-refractivity contribution is 5.94. The Kier molecular flexibility index (Phi) is 4.82. The lowest BCUT2D eigenvalue weighted by Gasteiger charge is -2.04. The number of aromatic amines is 1. The number of carbonyl (C=O) groups excluding carboxylic acids is 1. The Morgan fingerprint density at radius 2 is 2.24 bits per heavy atom. The van der Waals surface area contributed by atoms with E-state index in [1.807, 2.05) is 0 Å². The van der Waals surface area contributed by atoms with Crippen molar-refractivity contribution < 1.29 is 9.90 Å². The van der Waals surface area contributed by atoms with Crippen molar-refractivity contribution in [3.05, 3.63) is 28.0 Å². The number of amides is 1. The van der Waals surface area contributed by atoms with Crippen LogP contribution < -0.4 is 10.9 Å². The van der Waals surface area contributed by atoms with Gasteiger partial charge in [0.25, 0.3) is 11.5 Å². The van der Waals surface area contributed by atoms with Crippen molar-refractivity contribution in [1.29, 1.82) is 0 Å². The summed E-state index contributed by atoms with van der Waals surface area (Å²) in [7, 11) is 0. The molecule has 1 heterocycles. The largest absolute Gasteiger partial charge is 0.494 e. The fourth-order valence-corrected chi connectivity index (χ4v) is 1.32. The van der Waals surface area contributed by atoms with E-state index in [4.69, 9.17) is 11.5 Å². The third-order valence-corrected chi connectivity index (χ3v) is 2.13. The monoisotopic (exact) mass is 234 g/mol. The summed E-state index contributed by atoms with van der Waals surface area (Å²) in [6.07, 6.45) is 7.40. The van der Waals surface area contributed by atoms with Gasteiger partial charge in [0.05, 0.1) is 5.56 Å². The summed E-state index contributed by atoms with van der Waals surface area (Å²) in [5.41, 5.74) is -0.370. The minimum atomic E-state index is -0.512. The van der Waals surface area contributed by atoms with Crippen LogP contribution in [0.5, 0.6) is 5.88 Å². The van der Waals surface area contributed by atoms with Gasteiger partial charge in [-0.05, 0) is 12.8 Å². The number of rotatable bonds is 5. The number of pyridine rings is 1. The van der Waals surface area contributed by atoms with E-state index in [2.05, 4.69) is 16.2 Å². The highest BCUT2D eigenvalue weighted by atomic mass is 16.3. The molecule has 0 spiro atoms. The molecule has 5 nitrogen and oxygen atoms in total. The molecule has 1 amide bonds. The number of aromatic nitrogens is 1. The smallest absolute Gasteiger partial charge is 0.251 e. The van der Waals surface area contributed by atoms with Crippen LogP contribution >= 0.6 is 0 Å². The van der Waals surface area contributed by atoms with Crippen LogP contribution in [-0.4, -0.2) is 22.5 Å². The Morgan fingerprint density at radius 1 is 1.47 bits per heavy atom. The predicted molar refractivity (Wildman–Crippen MR) is 63.7 cm³/mol. The molecule has 0 aliphatic heterocycles. The zero-order valence-electron chi connectivity index (χ0n) is 9.32. The highest BCUT2D eigenvalue weighted by Crippen LogP contribution is 2.03. The van der Waals surface area contributed by atoms with E-state index in [1.54, 1.807) is 0 Å². The first-order valence-corrected chi connectivity index (χ1v) is 5.28. The first-order valence-electron chi connectivity index (χ1n) is 5.28. The number of terminal acetylenes is 1. The topological polar surface area (TPSA) is 82.2 Å². The Bertz CT molecular complexity index is 485. The summed E-state index contributed by atoms with van der Waals surface area (Å²) >= 11 is 0. The van der Waals surface area contributed by atoms with Crippen LogP contribution in [0.4, 0.5) is 0 Å². The molecule has 90 valence electrons. The Labute approximate surface area is 98.9 Å². The third kappa shape index (κ3) is 4.43. The van der Waals surface area contributed by atoms with E-state index >= 15 is 0 Å². The zero-order valence-corrected chi connectivity index (χ0v) is 9.32. The Morgan fingerprint density at radius 3 is 2.88 bits per heavy atom. The standard InChI is InChI=1S/C12H14N2O3/c1-2-3-4-5-6-13-12(17)9-7-10(15)14-11(16)8-9/h1,7-8H,3-6H2,(H,13,17)(H2,14,15,16). The molecule has 5 heteroatoms. The third-order valence-electron chi connectivity index (χ3n) is 2.13. The van der Waals surface area contributed by atoms with E-state index in [0.29, 0.717) is 13.0 Å². The maximum atomic E-state index is 11.6. The molecule has 0 radical (unpaired) electrons. The predicted octanol–water partition coefficient (Wildman–Crippen LogP) is 0.614. The molecule has 0 bridgehead atoms. The van der Waals surface area contributed by atoms with Crippen LogP contribution in [0.25, 0.3) is 0 Å². The molecule has 1 aromatic rings. The average Bonchev–Trinajstić information content (AvgIpc) is 2.27. The number of hydrogen-bond donors (Lipinski definition) is 3. The molecule has 0 saturated heterocycles. The molecule has 1 rings (SSSR count). The van der Waals surface area contributed by atoms with Gasteiger partial charge in [0.15, 0.2) is 5.88 Å². The van der Waals surface area contributed by atoms with Gasteiger partial charge in [0.2, 0.25) is 0 Å². The van der Waals surface area contributed by atoms with Crippen molar-refractivity contribution in [3.8, 4) is 18.2 Å². The molecule has 0 saturated carbocycles. The van der Waals surface area contributed by atoms with Crippen LogP contribution in [0, 0.1) is 12.3 Å². The van der Waals surface area contributed by atoms with E-state index in [9.17, 15) is 9.59 Å². The molecular weight excluding hydrogens is 220 g/mol. The second-order valence-electron chi connectivity index (χ2n) is 3.54. The molecular formula is C12H14N2O3. The van der Waals surface area contributed by atoms with Gasteiger partial charge < -0.3 is 10.4 Å². The van der Waals surface area contributed by atoms with Crippen molar-refractivity contribution in [3.63, 3.8) is 0 Å². The first kappa shape index (κ1) is 12.8. The van der Waals surface area contributed by atoms with Crippen molar-refractivity contribution in [1.82, 2.24) is 10.3 Å². The van der Waals surface area contributed by atoms with E-state index in [0.717, 1.165) is 18.9 Å². The van der Waals surface area contributed by atoms with Crippen molar-refractivity contribution >= 4 is 5.91 Å². The molecule has 17 heavy (non-hydrogen) atoms. The van der Waals surface area contributed by atoms with Crippen LogP contribution in [-0.2, 0) is 0 Å². The van der Waals surface area contributed by atoms with E-state index in [-0.39, 0.29) is 17.4 Å². The van der Waals surface area contributed by atoms with Crippen molar-refractivity contribution in [2.45, 2.75) is 19.3 Å². The lowest BCUT2D eigenvalue weighted by atomic mass is 10.2. The number of H-pyrrole nitrogens is 1. The number of nitrogens with one attached hydrogen (secondary N) is 2. The average molecular weight is 234 g/mol. The fraction of sp³-hybridized carbons (Fsp3) is 0.333. The molecule has 0 fully saturated rings. The lowest BCUT2D eigenvalue weighted by Crippen LogP contribution is -2.25. The van der Waals surface area contributed by atoms with Gasteiger partial charge in [-0.3, -0.25) is 14.6 Å². The molecule has 3 N–H and O–H groups in total. The fourth-order valence-electron chi connectivity index (χ4n) is 1.32. The minimum absolute atomic E-state index is 0.142. The number of aromatic hydroxyl groups is 1. The van der Waals surface area contributed by atoms with Crippen LogP contribution in [0.2, 0.25) is 0 Å². The van der Waals surface area contributed by atoms with Crippen molar-refractivity contribution in [2.24, 2.45) is 0 Å². The number of unbranched alkanes of at least 4 members (excludes halogenated alkanes) is 2. The van der Waals surface area contributed by atoms with Crippen LogP contribution in [0.1, 0.15) is 29.6 Å². The Hall–Kier alpha value is -2.22. The summed E-state index contributed by atoms with van der Waals surface area (Å²) in [5, 5.41) is 11.8. The second kappa shape index (κ2) is 6.38. The number of hydrogen-bond acceptors (Lipinski definition) is 3. The van der Waals surface area contributed by atoms with Gasteiger partial charge in [-0.15, -0.1) is 12.3 Å². The summed E-state index contributed by atoms with van der Waals surface area (Å²) < 4.78 is 0. The summed E-state index contributed by atoms with van der Waals surface area (Å²) in [6.45, 7) is 0.494. The van der Waals surface area contributed by atoms with Gasteiger partial charge in [-0.2, -0.15) is 0 Å². The molecule has 0 aliphatic rings. The quantitative estimate of drug-likeness (QED) is 0.515. The Balaban J connectivity index is 2.47.